The van der Waals surface area contributed by atoms with Crippen molar-refractivity contribution >= 4 is 29.3 Å². The zero-order valence-electron chi connectivity index (χ0n) is 23.9. The van der Waals surface area contributed by atoms with Crippen LogP contribution >= 0.6 is 0 Å². The molecule has 45 heavy (non-hydrogen) atoms. The number of aliphatic hydroxyl groups excluding tert-OH is 1. The first kappa shape index (κ1) is 31.5. The molecule has 4 rings (SSSR count). The average Bonchev–Trinajstić information content (AvgIpc) is 3.01. The van der Waals surface area contributed by atoms with Crippen LogP contribution in [-0.2, 0) is 14.4 Å². The van der Waals surface area contributed by atoms with Gasteiger partial charge in [-0.3, -0.25) is 14.4 Å². The molecule has 0 saturated heterocycles. The number of Topliss-reactive ketones (excluding diaryl/α,β-unsaturated/α-hetero) is 3. The monoisotopic (exact) mass is 600 g/mol. The summed E-state index contributed by atoms with van der Waals surface area (Å²) in [5.41, 5.74) is 0.962. The van der Waals surface area contributed by atoms with Crippen LogP contribution in [0.3, 0.4) is 0 Å². The molecule has 2 aromatic rings. The molecule has 0 aromatic heterocycles. The number of nitrogens with zero attached hydrogens (tertiary/aromatic N) is 2. The minimum Gasteiger partial charge on any atom is -0.522 e. The highest BCUT2D eigenvalue weighted by Gasteiger charge is 2.39. The maximum absolute atomic E-state index is 13.4. The van der Waals surface area contributed by atoms with E-state index in [1.165, 1.54) is 92.8 Å². The number of rotatable bonds is 7. The summed E-state index contributed by atoms with van der Waals surface area (Å²) in [5.74, 6) is -7.02. The van der Waals surface area contributed by atoms with E-state index < -0.39 is 46.9 Å². The Labute approximate surface area is 257 Å². The van der Waals surface area contributed by atoms with E-state index in [9.17, 15) is 34.3 Å². The molecule has 0 amide bonds. The summed E-state index contributed by atoms with van der Waals surface area (Å²) in [6, 6.07) is 12.6. The van der Waals surface area contributed by atoms with E-state index in [2.05, 4.69) is 4.85 Å². The number of hydrogen-bond donors (Lipinski definition) is 3. The molecule has 2 atom stereocenters. The molecule has 0 bridgehead atoms. The Hall–Kier alpha value is -6.39. The van der Waals surface area contributed by atoms with Crippen LogP contribution in [0.2, 0.25) is 0 Å². The molecule has 0 fully saturated rings. The first-order chi connectivity index (χ1) is 21.4. The number of aliphatic hydroxyl groups is 1. The number of hydrogen-bond acceptors (Lipinski definition) is 7. The summed E-state index contributed by atoms with van der Waals surface area (Å²) in [6.07, 6.45) is 7.36. The molecule has 0 saturated carbocycles. The summed E-state index contributed by atoms with van der Waals surface area (Å²) in [6.45, 7) is 10.5. The third-order valence-electron chi connectivity index (χ3n) is 7.57. The number of carboxylic acids is 2. The van der Waals surface area contributed by atoms with Crippen molar-refractivity contribution in [2.45, 2.75) is 25.7 Å². The van der Waals surface area contributed by atoms with Gasteiger partial charge in [-0.25, -0.2) is 14.4 Å². The Kier molecular flexibility index (Phi) is 9.01. The topological polar surface area (TPSA) is 174 Å². The first-order valence-electron chi connectivity index (χ1n) is 13.4. The largest absolute Gasteiger partial charge is 0.522 e. The molecule has 0 spiro atoms. The number of benzene rings is 2. The van der Waals surface area contributed by atoms with Gasteiger partial charge in [0.15, 0.2) is 17.3 Å². The Bertz CT molecular complexity index is 1940. The number of nitriles is 1. The fourth-order valence-electron chi connectivity index (χ4n) is 5.15. The summed E-state index contributed by atoms with van der Waals surface area (Å²) in [7, 11) is 0. The number of ketones is 3. The quantitative estimate of drug-likeness (QED) is 0.159. The highest BCUT2D eigenvalue weighted by atomic mass is 16.4. The third-order valence-corrected chi connectivity index (χ3v) is 7.57. The fourth-order valence-corrected chi connectivity index (χ4v) is 5.15. The molecule has 0 heterocycles. The zero-order chi connectivity index (χ0) is 33.0. The summed E-state index contributed by atoms with van der Waals surface area (Å²) >= 11 is 0. The van der Waals surface area contributed by atoms with Crippen LogP contribution in [0, 0.1) is 17.9 Å². The van der Waals surface area contributed by atoms with Crippen molar-refractivity contribution in [3.8, 4) is 6.07 Å². The number of carbonyl (C=O) groups excluding carboxylic acids is 3. The van der Waals surface area contributed by atoms with Crippen molar-refractivity contribution in [3.05, 3.63) is 152 Å². The van der Waals surface area contributed by atoms with Crippen molar-refractivity contribution < 1.29 is 39.3 Å². The van der Waals surface area contributed by atoms with Crippen LogP contribution in [0.15, 0.2) is 118 Å². The van der Waals surface area contributed by atoms with E-state index in [-0.39, 0.29) is 50.3 Å². The van der Waals surface area contributed by atoms with Gasteiger partial charge in [-0.2, -0.15) is 5.26 Å². The lowest BCUT2D eigenvalue weighted by Gasteiger charge is -2.24. The van der Waals surface area contributed by atoms with Gasteiger partial charge in [0.1, 0.15) is 17.7 Å². The Balaban J connectivity index is 1.64. The predicted molar refractivity (Wildman–Crippen MR) is 161 cm³/mol. The van der Waals surface area contributed by atoms with Gasteiger partial charge >= 0.3 is 11.9 Å². The smallest absolute Gasteiger partial charge is 0.335 e. The normalized spacial score (nSPS) is 19.9. The van der Waals surface area contributed by atoms with Crippen molar-refractivity contribution in [3.63, 3.8) is 0 Å². The molecule has 2 unspecified atom stereocenters. The standard InChI is InChI=1S/C35H24N2O8/c1-18-24(30(38)27(32(40)26(18)17-36)20-9-13-22(14-10-20)34(42)43)7-5-4-6-8-25-19(2)29(37-3)33(41)28(31(25)39)21-11-15-23(16-12-21)35(44)45/h4-16,27-28,41H,1-2H3,(H,42,43)(H,44,45)/b5-4?,8-6?,24-7-. The second kappa shape index (κ2) is 12.9. The van der Waals surface area contributed by atoms with Crippen LogP contribution in [-0.4, -0.2) is 44.6 Å². The maximum atomic E-state index is 13.4. The van der Waals surface area contributed by atoms with E-state index in [0.717, 1.165) is 0 Å². The number of allylic oxidation sites excluding steroid dienone is 11. The molecule has 3 N–H and O–H groups in total. The molecular formula is C35H24N2O8. The fraction of sp³-hybridized carbons (Fsp3) is 0.114. The molecular weight excluding hydrogens is 576 g/mol. The number of aromatic carboxylic acids is 2. The van der Waals surface area contributed by atoms with Gasteiger partial charge in [-0.05, 0) is 60.4 Å². The van der Waals surface area contributed by atoms with Crippen LogP contribution in [0.1, 0.15) is 57.5 Å². The molecule has 222 valence electrons. The van der Waals surface area contributed by atoms with Gasteiger partial charge in [0.05, 0.1) is 29.2 Å². The number of carbonyl (C=O) groups is 5. The third kappa shape index (κ3) is 5.94. The molecule has 0 aliphatic heterocycles. The van der Waals surface area contributed by atoms with E-state index >= 15 is 0 Å². The van der Waals surface area contributed by atoms with E-state index in [1.54, 1.807) is 0 Å². The van der Waals surface area contributed by atoms with Gasteiger partial charge in [0, 0.05) is 11.1 Å². The first-order valence-corrected chi connectivity index (χ1v) is 13.4. The van der Waals surface area contributed by atoms with Crippen LogP contribution in [0.4, 0.5) is 0 Å². The predicted octanol–water partition coefficient (Wildman–Crippen LogP) is 5.57. The highest BCUT2D eigenvalue weighted by Crippen LogP contribution is 2.38. The van der Waals surface area contributed by atoms with Crippen molar-refractivity contribution in [1.82, 2.24) is 0 Å². The van der Waals surface area contributed by atoms with Crippen LogP contribution in [0.25, 0.3) is 4.85 Å². The van der Waals surface area contributed by atoms with Gasteiger partial charge < -0.3 is 15.3 Å². The summed E-state index contributed by atoms with van der Waals surface area (Å²) in [5, 5.41) is 38.7. The van der Waals surface area contributed by atoms with Gasteiger partial charge in [-0.15, -0.1) is 0 Å². The summed E-state index contributed by atoms with van der Waals surface area (Å²) < 4.78 is 0. The lowest BCUT2D eigenvalue weighted by molar-refractivity contribution is -0.125. The van der Waals surface area contributed by atoms with Gasteiger partial charge in [-0.1, -0.05) is 54.6 Å². The lowest BCUT2D eigenvalue weighted by atomic mass is 9.76. The summed E-state index contributed by atoms with van der Waals surface area (Å²) in [4.78, 5) is 65.7. The van der Waals surface area contributed by atoms with Crippen molar-refractivity contribution in [2.24, 2.45) is 0 Å². The van der Waals surface area contributed by atoms with Gasteiger partial charge in [0.2, 0.25) is 5.70 Å². The van der Waals surface area contributed by atoms with Crippen molar-refractivity contribution in [1.29, 1.82) is 5.26 Å². The highest BCUT2D eigenvalue weighted by molar-refractivity contribution is 6.26. The molecule has 10 nitrogen and oxygen atoms in total. The number of carboxylic acid groups (broad SMARTS) is 2. The molecule has 2 aliphatic carbocycles. The SMILES string of the molecule is [C-]#[N+]C1=C(O)C(c2ccc(C(=O)O)cc2)C(=O)C(C=CC=C/C=C2\C(=O)C(c3ccc(C(=O)O)cc3)C(=O)C(C#N)=C2C)=C1C. The van der Waals surface area contributed by atoms with E-state index in [1.807, 2.05) is 6.07 Å². The zero-order valence-corrected chi connectivity index (χ0v) is 23.9. The second-order valence-electron chi connectivity index (χ2n) is 10.1. The molecule has 10 heteroatoms. The Morgan fingerprint density at radius 3 is 1.82 bits per heavy atom. The van der Waals surface area contributed by atoms with E-state index in [0.29, 0.717) is 5.56 Å². The molecule has 2 aliphatic rings. The minimum atomic E-state index is -1.32. The van der Waals surface area contributed by atoms with E-state index in [4.69, 9.17) is 16.8 Å². The Morgan fingerprint density at radius 2 is 1.33 bits per heavy atom. The average molecular weight is 601 g/mol. The molecule has 2 aromatic carbocycles. The van der Waals surface area contributed by atoms with Crippen LogP contribution in [0.5, 0.6) is 0 Å². The molecule has 0 radical (unpaired) electrons. The minimum absolute atomic E-state index is 0.00261. The van der Waals surface area contributed by atoms with Gasteiger partial charge in [0.25, 0.3) is 0 Å². The lowest BCUT2D eigenvalue weighted by Crippen LogP contribution is -2.30. The second-order valence-corrected chi connectivity index (χ2v) is 10.1. The Morgan fingerprint density at radius 1 is 0.800 bits per heavy atom. The maximum Gasteiger partial charge on any atom is 0.335 e. The van der Waals surface area contributed by atoms with Crippen LogP contribution < -0.4 is 0 Å². The van der Waals surface area contributed by atoms with Crippen molar-refractivity contribution in [2.75, 3.05) is 0 Å².